The topological polar surface area (TPSA) is 35.5 Å². The normalized spacial score (nSPS) is 26.6. The van der Waals surface area contributed by atoms with Crippen LogP contribution in [0.5, 0.6) is 0 Å². The van der Waals surface area contributed by atoms with Crippen LogP contribution >= 0.6 is 0 Å². The van der Waals surface area contributed by atoms with E-state index in [-0.39, 0.29) is 6.10 Å². The van der Waals surface area contributed by atoms with E-state index >= 15 is 0 Å². The van der Waals surface area contributed by atoms with Gasteiger partial charge >= 0.3 is 0 Å². The Balaban J connectivity index is 2.09. The van der Waals surface area contributed by atoms with Crippen molar-refractivity contribution in [3.05, 3.63) is 0 Å². The molecule has 0 radical (unpaired) electrons. The molecule has 2 N–H and O–H groups in total. The van der Waals surface area contributed by atoms with Crippen LogP contribution in [-0.4, -0.2) is 48.8 Å². The minimum atomic E-state index is -0.230. The Hall–Kier alpha value is -0.120. The highest BCUT2D eigenvalue weighted by Gasteiger charge is 2.22. The van der Waals surface area contributed by atoms with E-state index in [0.717, 1.165) is 44.6 Å². The zero-order valence-electron chi connectivity index (χ0n) is 11.8. The first-order chi connectivity index (χ1) is 8.17. The number of hydrogen-bond donors (Lipinski definition) is 2. The van der Waals surface area contributed by atoms with E-state index in [9.17, 15) is 5.11 Å². The van der Waals surface area contributed by atoms with E-state index in [4.69, 9.17) is 0 Å². The van der Waals surface area contributed by atoms with E-state index in [0.29, 0.717) is 0 Å². The number of nitrogens with one attached hydrogen (secondary N) is 1. The first kappa shape index (κ1) is 14.9. The van der Waals surface area contributed by atoms with E-state index in [1.54, 1.807) is 0 Å². The van der Waals surface area contributed by atoms with Crippen LogP contribution in [0.15, 0.2) is 0 Å². The number of aliphatic hydroxyl groups excluding tert-OH is 1. The average molecular weight is 242 g/mol. The fraction of sp³-hybridized carbons (Fsp3) is 1.00. The van der Waals surface area contributed by atoms with Crippen molar-refractivity contribution in [2.75, 3.05) is 32.7 Å². The quantitative estimate of drug-likeness (QED) is 0.680. The SMILES string of the molecule is CCN(CC)CC(O)CNCC1CCCC1C. The molecule has 17 heavy (non-hydrogen) atoms. The second-order valence-electron chi connectivity index (χ2n) is 5.47. The van der Waals surface area contributed by atoms with Crippen LogP contribution in [0.2, 0.25) is 0 Å². The van der Waals surface area contributed by atoms with Gasteiger partial charge in [0.15, 0.2) is 0 Å². The third kappa shape index (κ3) is 5.36. The van der Waals surface area contributed by atoms with Crippen LogP contribution in [0, 0.1) is 11.8 Å². The molecule has 0 aliphatic heterocycles. The number of nitrogens with zero attached hydrogens (tertiary/aromatic N) is 1. The maximum Gasteiger partial charge on any atom is 0.0791 e. The van der Waals surface area contributed by atoms with E-state index in [2.05, 4.69) is 31.0 Å². The Morgan fingerprint density at radius 1 is 1.29 bits per heavy atom. The second kappa shape index (κ2) is 8.06. The van der Waals surface area contributed by atoms with Gasteiger partial charge in [0.1, 0.15) is 0 Å². The van der Waals surface area contributed by atoms with Gasteiger partial charge in [-0.15, -0.1) is 0 Å². The average Bonchev–Trinajstić information content (AvgIpc) is 2.72. The lowest BCUT2D eigenvalue weighted by Crippen LogP contribution is -2.39. The molecule has 1 rings (SSSR count). The zero-order valence-corrected chi connectivity index (χ0v) is 11.8. The molecule has 102 valence electrons. The Morgan fingerprint density at radius 3 is 2.53 bits per heavy atom. The molecule has 0 bridgehead atoms. The molecule has 0 aromatic heterocycles. The standard InChI is InChI=1S/C14H30N2O/c1-4-16(5-2)11-14(17)10-15-9-13-8-6-7-12(13)3/h12-15,17H,4-11H2,1-3H3. The van der Waals surface area contributed by atoms with E-state index < -0.39 is 0 Å². The summed E-state index contributed by atoms with van der Waals surface area (Å²) in [5.74, 6) is 1.69. The molecule has 3 atom stereocenters. The van der Waals surface area contributed by atoms with Crippen molar-refractivity contribution in [1.29, 1.82) is 0 Å². The summed E-state index contributed by atoms with van der Waals surface area (Å²) in [6, 6.07) is 0. The lowest BCUT2D eigenvalue weighted by Gasteiger charge is -2.23. The van der Waals surface area contributed by atoms with Crippen molar-refractivity contribution >= 4 is 0 Å². The molecule has 3 unspecified atom stereocenters. The number of rotatable bonds is 8. The predicted octanol–water partition coefficient (Wildman–Crippen LogP) is 1.71. The van der Waals surface area contributed by atoms with Crippen LogP contribution in [-0.2, 0) is 0 Å². The van der Waals surface area contributed by atoms with Gasteiger partial charge in [-0.2, -0.15) is 0 Å². The first-order valence-electron chi connectivity index (χ1n) is 7.28. The zero-order chi connectivity index (χ0) is 12.7. The molecule has 0 amide bonds. The largest absolute Gasteiger partial charge is 0.390 e. The van der Waals surface area contributed by atoms with Crippen molar-refractivity contribution < 1.29 is 5.11 Å². The van der Waals surface area contributed by atoms with Gasteiger partial charge < -0.3 is 15.3 Å². The second-order valence-corrected chi connectivity index (χ2v) is 5.47. The monoisotopic (exact) mass is 242 g/mol. The summed E-state index contributed by atoms with van der Waals surface area (Å²) in [6.07, 6.45) is 3.90. The number of likely N-dealkylation sites (N-methyl/N-ethyl adjacent to an activating group) is 1. The molecule has 0 spiro atoms. The highest BCUT2D eigenvalue weighted by atomic mass is 16.3. The lowest BCUT2D eigenvalue weighted by molar-refractivity contribution is 0.115. The fourth-order valence-corrected chi connectivity index (χ4v) is 2.81. The Bertz CT molecular complexity index is 195. The molecule has 0 heterocycles. The summed E-state index contributed by atoms with van der Waals surface area (Å²) in [5.41, 5.74) is 0. The van der Waals surface area contributed by atoms with Gasteiger partial charge in [0, 0.05) is 13.1 Å². The molecule has 1 aliphatic rings. The van der Waals surface area contributed by atoms with Gasteiger partial charge in [-0.1, -0.05) is 33.6 Å². The van der Waals surface area contributed by atoms with E-state index in [1.165, 1.54) is 19.3 Å². The van der Waals surface area contributed by atoms with Crippen molar-refractivity contribution in [2.45, 2.75) is 46.1 Å². The fourth-order valence-electron chi connectivity index (χ4n) is 2.81. The third-order valence-corrected chi connectivity index (χ3v) is 4.19. The molecule has 0 saturated heterocycles. The van der Waals surface area contributed by atoms with Crippen LogP contribution in [0.25, 0.3) is 0 Å². The minimum absolute atomic E-state index is 0.230. The summed E-state index contributed by atoms with van der Waals surface area (Å²) >= 11 is 0. The summed E-state index contributed by atoms with van der Waals surface area (Å²) in [6.45, 7) is 11.3. The minimum Gasteiger partial charge on any atom is -0.390 e. The Labute approximate surface area is 107 Å². The van der Waals surface area contributed by atoms with Crippen LogP contribution < -0.4 is 5.32 Å². The van der Waals surface area contributed by atoms with Crippen molar-refractivity contribution in [2.24, 2.45) is 11.8 Å². The lowest BCUT2D eigenvalue weighted by atomic mass is 9.98. The molecule has 1 fully saturated rings. The van der Waals surface area contributed by atoms with Gasteiger partial charge in [0.2, 0.25) is 0 Å². The maximum absolute atomic E-state index is 9.92. The van der Waals surface area contributed by atoms with Crippen molar-refractivity contribution in [1.82, 2.24) is 10.2 Å². The van der Waals surface area contributed by atoms with Crippen LogP contribution in [0.1, 0.15) is 40.0 Å². The molecule has 1 saturated carbocycles. The third-order valence-electron chi connectivity index (χ3n) is 4.19. The van der Waals surface area contributed by atoms with Crippen molar-refractivity contribution in [3.63, 3.8) is 0 Å². The van der Waals surface area contributed by atoms with Gasteiger partial charge in [0.05, 0.1) is 6.10 Å². The summed E-state index contributed by atoms with van der Waals surface area (Å²) in [4.78, 5) is 2.27. The summed E-state index contributed by atoms with van der Waals surface area (Å²) in [5, 5.41) is 13.4. The summed E-state index contributed by atoms with van der Waals surface area (Å²) in [7, 11) is 0. The molecule has 0 aromatic carbocycles. The molecule has 1 aliphatic carbocycles. The van der Waals surface area contributed by atoms with E-state index in [1.807, 2.05) is 0 Å². The highest BCUT2D eigenvalue weighted by Crippen LogP contribution is 2.30. The molecule has 3 nitrogen and oxygen atoms in total. The molecular weight excluding hydrogens is 212 g/mol. The number of hydrogen-bond acceptors (Lipinski definition) is 3. The van der Waals surface area contributed by atoms with Gasteiger partial charge in [-0.3, -0.25) is 0 Å². The van der Waals surface area contributed by atoms with Crippen LogP contribution in [0.4, 0.5) is 0 Å². The Kier molecular flexibility index (Phi) is 7.09. The van der Waals surface area contributed by atoms with Gasteiger partial charge in [-0.25, -0.2) is 0 Å². The van der Waals surface area contributed by atoms with Crippen LogP contribution in [0.3, 0.4) is 0 Å². The van der Waals surface area contributed by atoms with Crippen molar-refractivity contribution in [3.8, 4) is 0 Å². The van der Waals surface area contributed by atoms with Gasteiger partial charge in [-0.05, 0) is 37.9 Å². The molecular formula is C14H30N2O. The predicted molar refractivity (Wildman–Crippen MR) is 73.2 cm³/mol. The summed E-state index contributed by atoms with van der Waals surface area (Å²) < 4.78 is 0. The molecule has 0 aromatic rings. The van der Waals surface area contributed by atoms with Gasteiger partial charge in [0.25, 0.3) is 0 Å². The highest BCUT2D eigenvalue weighted by molar-refractivity contribution is 4.76. The Morgan fingerprint density at radius 2 is 2.00 bits per heavy atom. The molecule has 3 heteroatoms. The first-order valence-corrected chi connectivity index (χ1v) is 7.28. The maximum atomic E-state index is 9.92. The smallest absolute Gasteiger partial charge is 0.0791 e. The number of aliphatic hydroxyl groups is 1.